The molecule has 0 aliphatic carbocycles. The van der Waals surface area contributed by atoms with Gasteiger partial charge in [-0.1, -0.05) is 42.5 Å². The molecule has 2 aromatic carbocycles. The Morgan fingerprint density at radius 3 is 2.60 bits per heavy atom. The predicted molar refractivity (Wildman–Crippen MR) is 113 cm³/mol. The summed E-state index contributed by atoms with van der Waals surface area (Å²) in [6, 6.07) is 18.2. The second-order valence-electron chi connectivity index (χ2n) is 5.61. The summed E-state index contributed by atoms with van der Waals surface area (Å²) in [5.74, 6) is 1.42. The third-order valence-electron chi connectivity index (χ3n) is 3.75. The van der Waals surface area contributed by atoms with Crippen molar-refractivity contribution in [3.63, 3.8) is 0 Å². The van der Waals surface area contributed by atoms with E-state index in [-0.39, 0.29) is 24.0 Å². The number of guanidine groups is 1. The Kier molecular flexibility index (Phi) is 7.00. The number of nitrogens with two attached hydrogens (primary N) is 1. The number of anilines is 1. The van der Waals surface area contributed by atoms with E-state index in [9.17, 15) is 0 Å². The molecule has 6 heteroatoms. The molecule has 3 N–H and O–H groups in total. The number of hydrogen-bond donors (Lipinski definition) is 2. The van der Waals surface area contributed by atoms with Crippen molar-refractivity contribution in [1.82, 2.24) is 9.55 Å². The Balaban J connectivity index is 0.00000225. The van der Waals surface area contributed by atoms with Gasteiger partial charge in [0.05, 0.1) is 6.54 Å². The highest BCUT2D eigenvalue weighted by Crippen LogP contribution is 2.10. The zero-order valence-electron chi connectivity index (χ0n) is 14.1. The number of aliphatic imine (C=N–C) groups is 1. The van der Waals surface area contributed by atoms with Gasteiger partial charge in [-0.3, -0.25) is 0 Å². The summed E-state index contributed by atoms with van der Waals surface area (Å²) in [5, 5.41) is 3.09. The number of aryl methyl sites for hydroxylation is 1. The molecule has 3 rings (SSSR count). The van der Waals surface area contributed by atoms with Crippen LogP contribution in [0.15, 0.2) is 72.0 Å². The SMILES string of the molecule is Cc1nccn1Cc1cccc(CN=C(N)Nc2ccccc2)c1.I. The van der Waals surface area contributed by atoms with Crippen molar-refractivity contribution in [3.8, 4) is 0 Å². The lowest BCUT2D eigenvalue weighted by Gasteiger charge is -2.08. The smallest absolute Gasteiger partial charge is 0.193 e. The third-order valence-corrected chi connectivity index (χ3v) is 3.75. The van der Waals surface area contributed by atoms with Gasteiger partial charge in [0.15, 0.2) is 5.96 Å². The van der Waals surface area contributed by atoms with E-state index in [4.69, 9.17) is 5.73 Å². The van der Waals surface area contributed by atoms with Crippen molar-refractivity contribution in [3.05, 3.63) is 83.9 Å². The monoisotopic (exact) mass is 447 g/mol. The van der Waals surface area contributed by atoms with E-state index < -0.39 is 0 Å². The van der Waals surface area contributed by atoms with Crippen LogP contribution in [0.25, 0.3) is 0 Å². The normalized spacial score (nSPS) is 11.0. The first-order valence-electron chi connectivity index (χ1n) is 7.88. The van der Waals surface area contributed by atoms with E-state index in [1.807, 2.05) is 55.7 Å². The minimum absolute atomic E-state index is 0. The summed E-state index contributed by atoms with van der Waals surface area (Å²) < 4.78 is 2.12. The topological polar surface area (TPSA) is 68.2 Å². The lowest BCUT2D eigenvalue weighted by molar-refractivity contribution is 0.760. The van der Waals surface area contributed by atoms with Crippen LogP contribution in [0.5, 0.6) is 0 Å². The highest BCUT2D eigenvalue weighted by Gasteiger charge is 2.01. The molecule has 1 heterocycles. The average molecular weight is 447 g/mol. The standard InChI is InChI=1S/C19H21N5.HI/c1-15-21-10-11-24(15)14-17-7-5-6-16(12-17)13-22-19(20)23-18-8-3-2-4-9-18;/h2-12H,13-14H2,1H3,(H3,20,22,23);1H. The minimum Gasteiger partial charge on any atom is -0.370 e. The number of para-hydroxylation sites is 1. The first kappa shape index (κ1) is 19.0. The van der Waals surface area contributed by atoms with Crippen LogP contribution in [0, 0.1) is 6.92 Å². The summed E-state index contributed by atoms with van der Waals surface area (Å²) in [4.78, 5) is 8.66. The van der Waals surface area contributed by atoms with Crippen LogP contribution in [0.3, 0.4) is 0 Å². The molecule has 0 fully saturated rings. The van der Waals surface area contributed by atoms with Crippen LogP contribution in [0.1, 0.15) is 17.0 Å². The van der Waals surface area contributed by atoms with Gasteiger partial charge >= 0.3 is 0 Å². The van der Waals surface area contributed by atoms with Gasteiger partial charge < -0.3 is 15.6 Å². The maximum atomic E-state index is 5.95. The van der Waals surface area contributed by atoms with Crippen molar-refractivity contribution in [2.45, 2.75) is 20.0 Å². The Morgan fingerprint density at radius 2 is 1.88 bits per heavy atom. The number of nitrogens with zero attached hydrogens (tertiary/aromatic N) is 3. The molecule has 0 saturated heterocycles. The molecule has 1 aromatic heterocycles. The summed E-state index contributed by atoms with van der Waals surface area (Å²) in [6.45, 7) is 3.35. The molecule has 130 valence electrons. The Bertz CT molecular complexity index is 827. The van der Waals surface area contributed by atoms with Gasteiger partial charge in [-0.2, -0.15) is 0 Å². The molecule has 0 bridgehead atoms. The first-order valence-corrected chi connectivity index (χ1v) is 7.88. The minimum atomic E-state index is 0. The highest BCUT2D eigenvalue weighted by molar-refractivity contribution is 14.0. The van der Waals surface area contributed by atoms with Crippen molar-refractivity contribution < 1.29 is 0 Å². The van der Waals surface area contributed by atoms with E-state index in [1.54, 1.807) is 0 Å². The largest absolute Gasteiger partial charge is 0.370 e. The Morgan fingerprint density at radius 1 is 1.12 bits per heavy atom. The van der Waals surface area contributed by atoms with Crippen LogP contribution < -0.4 is 11.1 Å². The molecule has 0 radical (unpaired) electrons. The molecular weight excluding hydrogens is 425 g/mol. The molecule has 0 aliphatic rings. The van der Waals surface area contributed by atoms with Gasteiger partial charge in [0.25, 0.3) is 0 Å². The van der Waals surface area contributed by atoms with Crippen LogP contribution in [-0.2, 0) is 13.1 Å². The fourth-order valence-corrected chi connectivity index (χ4v) is 2.48. The number of halogens is 1. The third kappa shape index (κ3) is 5.60. The van der Waals surface area contributed by atoms with Crippen LogP contribution in [0.4, 0.5) is 5.69 Å². The fourth-order valence-electron chi connectivity index (χ4n) is 2.48. The molecule has 0 unspecified atom stereocenters. The van der Waals surface area contributed by atoms with Gasteiger partial charge in [0, 0.05) is 24.6 Å². The van der Waals surface area contributed by atoms with Crippen LogP contribution in [0.2, 0.25) is 0 Å². The second-order valence-corrected chi connectivity index (χ2v) is 5.61. The first-order chi connectivity index (χ1) is 11.7. The number of aromatic nitrogens is 2. The summed E-state index contributed by atoms with van der Waals surface area (Å²) >= 11 is 0. The fraction of sp³-hybridized carbons (Fsp3) is 0.158. The van der Waals surface area contributed by atoms with E-state index in [0.717, 1.165) is 23.6 Å². The lowest BCUT2D eigenvalue weighted by Crippen LogP contribution is -2.22. The van der Waals surface area contributed by atoms with Gasteiger partial charge in [-0.15, -0.1) is 24.0 Å². The molecule has 0 saturated carbocycles. The second kappa shape index (κ2) is 9.22. The van der Waals surface area contributed by atoms with Crippen molar-refractivity contribution in [2.75, 3.05) is 5.32 Å². The molecule has 0 aliphatic heterocycles. The highest BCUT2D eigenvalue weighted by atomic mass is 127. The number of benzene rings is 2. The zero-order valence-corrected chi connectivity index (χ0v) is 16.4. The van der Waals surface area contributed by atoms with Crippen molar-refractivity contribution >= 4 is 35.6 Å². The number of imidazole rings is 1. The van der Waals surface area contributed by atoms with Gasteiger partial charge in [-0.25, -0.2) is 9.98 Å². The van der Waals surface area contributed by atoms with Crippen LogP contribution in [-0.4, -0.2) is 15.5 Å². The van der Waals surface area contributed by atoms with E-state index in [1.165, 1.54) is 5.56 Å². The molecule has 0 amide bonds. The summed E-state index contributed by atoms with van der Waals surface area (Å²) in [6.07, 6.45) is 3.81. The maximum Gasteiger partial charge on any atom is 0.193 e. The Hall–Kier alpha value is -2.35. The summed E-state index contributed by atoms with van der Waals surface area (Å²) in [5.41, 5.74) is 9.23. The summed E-state index contributed by atoms with van der Waals surface area (Å²) in [7, 11) is 0. The molecular formula is C19H22IN5. The van der Waals surface area contributed by atoms with Crippen molar-refractivity contribution in [2.24, 2.45) is 10.7 Å². The van der Waals surface area contributed by atoms with Gasteiger partial charge in [0.2, 0.25) is 0 Å². The van der Waals surface area contributed by atoms with Crippen LogP contribution >= 0.6 is 24.0 Å². The number of rotatable bonds is 5. The number of hydrogen-bond acceptors (Lipinski definition) is 2. The lowest BCUT2D eigenvalue weighted by atomic mass is 10.1. The molecule has 0 atom stereocenters. The quantitative estimate of drug-likeness (QED) is 0.356. The Labute approximate surface area is 165 Å². The maximum absolute atomic E-state index is 5.95. The molecule has 0 spiro atoms. The molecule has 25 heavy (non-hydrogen) atoms. The zero-order chi connectivity index (χ0) is 16.8. The molecule has 5 nitrogen and oxygen atoms in total. The van der Waals surface area contributed by atoms with Gasteiger partial charge in [0.1, 0.15) is 5.82 Å². The van der Waals surface area contributed by atoms with E-state index >= 15 is 0 Å². The number of nitrogens with one attached hydrogen (secondary N) is 1. The predicted octanol–water partition coefficient (Wildman–Crippen LogP) is 3.78. The average Bonchev–Trinajstić information content (AvgIpc) is 2.99. The van der Waals surface area contributed by atoms with E-state index in [2.05, 4.69) is 38.1 Å². The van der Waals surface area contributed by atoms with E-state index in [0.29, 0.717) is 12.5 Å². The van der Waals surface area contributed by atoms with Crippen molar-refractivity contribution in [1.29, 1.82) is 0 Å². The van der Waals surface area contributed by atoms with Gasteiger partial charge in [-0.05, 0) is 30.2 Å². The molecule has 3 aromatic rings.